The molecule has 0 saturated heterocycles. The first-order chi connectivity index (χ1) is 9.80. The van der Waals surface area contributed by atoms with E-state index in [1.54, 1.807) is 13.0 Å². The lowest BCUT2D eigenvalue weighted by Gasteiger charge is -2.27. The van der Waals surface area contributed by atoms with E-state index in [-0.39, 0.29) is 16.0 Å². The van der Waals surface area contributed by atoms with E-state index in [1.165, 1.54) is 18.9 Å². The maximum atomic E-state index is 12.5. The second-order valence-corrected chi connectivity index (χ2v) is 8.17. The van der Waals surface area contributed by atoms with Gasteiger partial charge in [0.25, 0.3) is 0 Å². The summed E-state index contributed by atoms with van der Waals surface area (Å²) in [6, 6.07) is 3.03. The van der Waals surface area contributed by atoms with E-state index in [1.807, 2.05) is 0 Å². The number of anilines is 1. The molecule has 21 heavy (non-hydrogen) atoms. The van der Waals surface area contributed by atoms with Crippen molar-refractivity contribution in [3.63, 3.8) is 0 Å². The van der Waals surface area contributed by atoms with Crippen molar-refractivity contribution in [3.05, 3.63) is 22.7 Å². The Morgan fingerprint density at radius 2 is 1.95 bits per heavy atom. The van der Waals surface area contributed by atoms with Crippen LogP contribution in [0.25, 0.3) is 0 Å². The van der Waals surface area contributed by atoms with Crippen molar-refractivity contribution in [2.75, 3.05) is 12.3 Å². The summed E-state index contributed by atoms with van der Waals surface area (Å²) >= 11 is 5.92. The van der Waals surface area contributed by atoms with Gasteiger partial charge in [0.1, 0.15) is 0 Å². The van der Waals surface area contributed by atoms with Gasteiger partial charge in [-0.05, 0) is 49.3 Å². The van der Waals surface area contributed by atoms with Gasteiger partial charge in [0.05, 0.1) is 15.6 Å². The normalized spacial score (nSPS) is 18.0. The summed E-state index contributed by atoms with van der Waals surface area (Å²) in [6.07, 6.45) is 5.55. The van der Waals surface area contributed by atoms with Gasteiger partial charge >= 0.3 is 0 Å². The van der Waals surface area contributed by atoms with Gasteiger partial charge < -0.3 is 5.73 Å². The molecule has 118 valence electrons. The number of hydrogen-bond donors (Lipinski definition) is 2. The van der Waals surface area contributed by atoms with Crippen molar-refractivity contribution in [3.8, 4) is 0 Å². The van der Waals surface area contributed by atoms with E-state index in [2.05, 4.69) is 11.6 Å². The summed E-state index contributed by atoms with van der Waals surface area (Å²) < 4.78 is 27.8. The molecular weight excluding hydrogens is 308 g/mol. The van der Waals surface area contributed by atoms with Crippen LogP contribution in [-0.4, -0.2) is 15.0 Å². The van der Waals surface area contributed by atoms with Crippen molar-refractivity contribution < 1.29 is 8.42 Å². The van der Waals surface area contributed by atoms with E-state index in [9.17, 15) is 8.42 Å². The maximum Gasteiger partial charge on any atom is 0.240 e. The third kappa shape index (κ3) is 3.52. The van der Waals surface area contributed by atoms with Gasteiger partial charge in [-0.15, -0.1) is 0 Å². The molecule has 1 aromatic rings. The fourth-order valence-electron chi connectivity index (χ4n) is 3.06. The summed E-state index contributed by atoms with van der Waals surface area (Å²) in [5.41, 5.74) is 6.74. The Balaban J connectivity index is 2.21. The molecule has 2 rings (SSSR count). The van der Waals surface area contributed by atoms with Crippen LogP contribution in [0.1, 0.15) is 44.6 Å². The molecule has 1 fully saturated rings. The zero-order valence-corrected chi connectivity index (χ0v) is 14.1. The second-order valence-electron chi connectivity index (χ2n) is 6.02. The molecule has 0 bridgehead atoms. The number of hydrogen-bond acceptors (Lipinski definition) is 3. The van der Waals surface area contributed by atoms with Crippen LogP contribution in [-0.2, 0) is 10.0 Å². The molecule has 0 spiro atoms. The molecule has 0 unspecified atom stereocenters. The number of benzene rings is 1. The predicted molar refractivity (Wildman–Crippen MR) is 87.0 cm³/mol. The lowest BCUT2D eigenvalue weighted by molar-refractivity contribution is 0.285. The van der Waals surface area contributed by atoms with Gasteiger partial charge in [-0.25, -0.2) is 13.1 Å². The van der Waals surface area contributed by atoms with Crippen molar-refractivity contribution in [2.45, 2.75) is 50.8 Å². The van der Waals surface area contributed by atoms with Crippen LogP contribution < -0.4 is 10.5 Å². The van der Waals surface area contributed by atoms with E-state index in [0.29, 0.717) is 17.1 Å². The van der Waals surface area contributed by atoms with Crippen LogP contribution in [0.3, 0.4) is 0 Å². The summed E-state index contributed by atoms with van der Waals surface area (Å²) in [5, 5.41) is 0.382. The number of nitrogen functional groups attached to an aromatic ring is 1. The molecule has 0 atom stereocenters. The van der Waals surface area contributed by atoms with Crippen molar-refractivity contribution in [2.24, 2.45) is 5.41 Å². The Kier molecular flexibility index (Phi) is 4.85. The van der Waals surface area contributed by atoms with Crippen molar-refractivity contribution in [1.29, 1.82) is 0 Å². The molecule has 6 heteroatoms. The molecule has 0 aliphatic heterocycles. The predicted octanol–water partition coefficient (Wildman–Crippen LogP) is 3.48. The van der Waals surface area contributed by atoms with Crippen LogP contribution in [0.15, 0.2) is 17.0 Å². The molecule has 1 aromatic carbocycles. The Labute approximate surface area is 132 Å². The van der Waals surface area contributed by atoms with Gasteiger partial charge in [0.2, 0.25) is 10.0 Å². The topological polar surface area (TPSA) is 72.2 Å². The summed E-state index contributed by atoms with van der Waals surface area (Å²) in [4.78, 5) is 0.216. The van der Waals surface area contributed by atoms with Crippen LogP contribution in [0.5, 0.6) is 0 Å². The summed E-state index contributed by atoms with van der Waals surface area (Å²) in [7, 11) is -3.55. The van der Waals surface area contributed by atoms with Gasteiger partial charge in [-0.1, -0.05) is 31.4 Å². The molecule has 0 radical (unpaired) electrons. The second kappa shape index (κ2) is 6.15. The fraction of sp³-hybridized carbons (Fsp3) is 0.600. The monoisotopic (exact) mass is 330 g/mol. The standard InChI is InChI=1S/C15H23ClN2O2S/c1-3-15(6-4-5-7-15)10-18-21(19,20)14-9-13(17)12(16)8-11(14)2/h8-9,18H,3-7,10,17H2,1-2H3. The average Bonchev–Trinajstić information content (AvgIpc) is 2.90. The zero-order valence-electron chi connectivity index (χ0n) is 12.6. The largest absolute Gasteiger partial charge is 0.397 e. The van der Waals surface area contributed by atoms with Gasteiger partial charge in [-0.3, -0.25) is 0 Å². The highest BCUT2D eigenvalue weighted by molar-refractivity contribution is 7.89. The average molecular weight is 331 g/mol. The van der Waals surface area contributed by atoms with Gasteiger partial charge in [0.15, 0.2) is 0 Å². The van der Waals surface area contributed by atoms with Crippen LogP contribution in [0.2, 0.25) is 5.02 Å². The first-order valence-corrected chi connectivity index (χ1v) is 9.21. The maximum absolute atomic E-state index is 12.5. The third-order valence-corrected chi connectivity index (χ3v) is 6.51. The Hall–Kier alpha value is -0.780. The highest BCUT2D eigenvalue weighted by Gasteiger charge is 2.33. The molecule has 1 saturated carbocycles. The molecular formula is C15H23ClN2O2S. The number of nitrogens with one attached hydrogen (secondary N) is 1. The van der Waals surface area contributed by atoms with E-state index >= 15 is 0 Å². The number of sulfonamides is 1. The Morgan fingerprint density at radius 1 is 1.33 bits per heavy atom. The first-order valence-electron chi connectivity index (χ1n) is 7.35. The van der Waals surface area contributed by atoms with Crippen molar-refractivity contribution in [1.82, 2.24) is 4.72 Å². The lowest BCUT2D eigenvalue weighted by Crippen LogP contribution is -2.35. The van der Waals surface area contributed by atoms with Gasteiger partial charge in [-0.2, -0.15) is 0 Å². The Morgan fingerprint density at radius 3 is 2.52 bits per heavy atom. The van der Waals surface area contributed by atoms with E-state index in [4.69, 9.17) is 17.3 Å². The molecule has 0 heterocycles. The van der Waals surface area contributed by atoms with Gasteiger partial charge in [0, 0.05) is 6.54 Å². The molecule has 4 nitrogen and oxygen atoms in total. The fourth-order valence-corrected chi connectivity index (χ4v) is 4.70. The number of aryl methyl sites for hydroxylation is 1. The summed E-state index contributed by atoms with van der Waals surface area (Å²) in [5.74, 6) is 0. The molecule has 1 aliphatic rings. The first kappa shape index (κ1) is 16.6. The molecule has 3 N–H and O–H groups in total. The third-order valence-electron chi connectivity index (χ3n) is 4.64. The number of nitrogens with two attached hydrogens (primary N) is 1. The number of rotatable bonds is 5. The minimum Gasteiger partial charge on any atom is -0.397 e. The van der Waals surface area contributed by atoms with Crippen LogP contribution in [0.4, 0.5) is 5.69 Å². The SMILES string of the molecule is CCC1(CNS(=O)(=O)c2cc(N)c(Cl)cc2C)CCCC1. The van der Waals surface area contributed by atoms with E-state index < -0.39 is 10.0 Å². The van der Waals surface area contributed by atoms with Crippen LogP contribution in [0, 0.1) is 12.3 Å². The zero-order chi connectivity index (χ0) is 15.7. The minimum absolute atomic E-state index is 0.110. The van der Waals surface area contributed by atoms with E-state index in [0.717, 1.165) is 19.3 Å². The smallest absolute Gasteiger partial charge is 0.240 e. The summed E-state index contributed by atoms with van der Waals surface area (Å²) in [6.45, 7) is 4.35. The molecule has 0 aromatic heterocycles. The minimum atomic E-state index is -3.55. The lowest BCUT2D eigenvalue weighted by atomic mass is 9.84. The van der Waals surface area contributed by atoms with Crippen LogP contribution >= 0.6 is 11.6 Å². The quantitative estimate of drug-likeness (QED) is 0.812. The van der Waals surface area contributed by atoms with Crippen molar-refractivity contribution >= 4 is 27.3 Å². The number of halogens is 1. The highest BCUT2D eigenvalue weighted by Crippen LogP contribution is 2.40. The molecule has 0 amide bonds. The Bertz CT molecular complexity index is 623. The highest BCUT2D eigenvalue weighted by atomic mass is 35.5. The molecule has 1 aliphatic carbocycles.